The summed E-state index contributed by atoms with van der Waals surface area (Å²) in [4.78, 5) is 4.05. The van der Waals surface area contributed by atoms with E-state index in [1.165, 1.54) is 10.9 Å². The van der Waals surface area contributed by atoms with Crippen LogP contribution in [0, 0.1) is 6.92 Å². The van der Waals surface area contributed by atoms with E-state index in [1.54, 1.807) is 6.20 Å². The SMILES string of the molecule is CC.Cc1cc2c(N)nccc2cc1P. The summed E-state index contributed by atoms with van der Waals surface area (Å²) in [6.45, 7) is 6.06. The predicted molar refractivity (Wildman–Crippen MR) is 71.6 cm³/mol. The molecular formula is C12H17N2P. The fourth-order valence-electron chi connectivity index (χ4n) is 1.37. The number of rotatable bonds is 0. The van der Waals surface area contributed by atoms with E-state index in [1.807, 2.05) is 19.9 Å². The molecule has 2 nitrogen and oxygen atoms in total. The monoisotopic (exact) mass is 220 g/mol. The van der Waals surface area contributed by atoms with Gasteiger partial charge in [-0.05, 0) is 41.4 Å². The maximum atomic E-state index is 5.76. The van der Waals surface area contributed by atoms with Crippen molar-refractivity contribution in [1.82, 2.24) is 4.98 Å². The van der Waals surface area contributed by atoms with E-state index in [4.69, 9.17) is 5.73 Å². The Bertz CT molecular complexity index is 466. The Labute approximate surface area is 93.1 Å². The lowest BCUT2D eigenvalue weighted by molar-refractivity contribution is 1.37. The van der Waals surface area contributed by atoms with E-state index >= 15 is 0 Å². The second-order valence-electron chi connectivity index (χ2n) is 3.13. The van der Waals surface area contributed by atoms with Crippen molar-refractivity contribution in [2.45, 2.75) is 20.8 Å². The molecule has 0 saturated heterocycles. The Morgan fingerprint density at radius 3 is 2.60 bits per heavy atom. The zero-order chi connectivity index (χ0) is 11.4. The summed E-state index contributed by atoms with van der Waals surface area (Å²) in [7, 11) is 2.71. The molecule has 0 bridgehead atoms. The highest BCUT2D eigenvalue weighted by molar-refractivity contribution is 7.27. The van der Waals surface area contributed by atoms with Crippen LogP contribution in [-0.4, -0.2) is 4.98 Å². The first kappa shape index (κ1) is 11.9. The molecule has 0 fully saturated rings. The molecule has 1 atom stereocenters. The molecular weight excluding hydrogens is 203 g/mol. The second kappa shape index (κ2) is 5.09. The largest absolute Gasteiger partial charge is 0.383 e. The van der Waals surface area contributed by atoms with E-state index in [9.17, 15) is 0 Å². The topological polar surface area (TPSA) is 38.9 Å². The van der Waals surface area contributed by atoms with Gasteiger partial charge in [0.1, 0.15) is 5.82 Å². The summed E-state index contributed by atoms with van der Waals surface area (Å²) in [6.07, 6.45) is 1.73. The number of hydrogen-bond acceptors (Lipinski definition) is 2. The highest BCUT2D eigenvalue weighted by Crippen LogP contribution is 2.19. The number of fused-ring (bicyclic) bond motifs is 1. The van der Waals surface area contributed by atoms with Gasteiger partial charge in [0.2, 0.25) is 0 Å². The van der Waals surface area contributed by atoms with Crippen LogP contribution in [0.1, 0.15) is 19.4 Å². The number of nitrogens with two attached hydrogens (primary N) is 1. The zero-order valence-electron chi connectivity index (χ0n) is 9.41. The maximum Gasteiger partial charge on any atom is 0.131 e. The summed E-state index contributed by atoms with van der Waals surface area (Å²) in [5.41, 5.74) is 6.98. The Morgan fingerprint density at radius 2 is 1.93 bits per heavy atom. The Balaban J connectivity index is 0.000000531. The summed E-state index contributed by atoms with van der Waals surface area (Å²) in [5, 5.41) is 3.38. The van der Waals surface area contributed by atoms with E-state index in [0.717, 1.165) is 10.8 Å². The molecule has 2 N–H and O–H groups in total. The molecule has 15 heavy (non-hydrogen) atoms. The van der Waals surface area contributed by atoms with Crippen LogP contribution in [0.4, 0.5) is 5.82 Å². The van der Waals surface area contributed by atoms with Crippen LogP contribution < -0.4 is 11.0 Å². The minimum absolute atomic E-state index is 0.602. The normalized spacial score (nSPS) is 9.60. The number of nitrogens with zero attached hydrogens (tertiary/aromatic N) is 1. The van der Waals surface area contributed by atoms with Gasteiger partial charge in [-0.15, -0.1) is 9.24 Å². The van der Waals surface area contributed by atoms with Crippen molar-refractivity contribution in [3.05, 3.63) is 30.0 Å². The van der Waals surface area contributed by atoms with Crippen molar-refractivity contribution >= 4 is 31.1 Å². The number of nitrogen functional groups attached to an aromatic ring is 1. The number of aromatic nitrogens is 1. The van der Waals surface area contributed by atoms with E-state index in [-0.39, 0.29) is 0 Å². The van der Waals surface area contributed by atoms with E-state index in [2.05, 4.69) is 33.3 Å². The lowest BCUT2D eigenvalue weighted by atomic mass is 10.1. The van der Waals surface area contributed by atoms with Crippen LogP contribution in [-0.2, 0) is 0 Å². The highest BCUT2D eigenvalue weighted by Gasteiger charge is 2.00. The van der Waals surface area contributed by atoms with Crippen LogP contribution in [0.5, 0.6) is 0 Å². The van der Waals surface area contributed by atoms with Crippen LogP contribution in [0.2, 0.25) is 0 Å². The molecule has 3 heteroatoms. The number of hydrogen-bond donors (Lipinski definition) is 1. The first-order valence-corrected chi connectivity index (χ1v) is 5.66. The molecule has 2 rings (SSSR count). The molecule has 0 spiro atoms. The van der Waals surface area contributed by atoms with E-state index in [0.29, 0.717) is 5.82 Å². The zero-order valence-corrected chi connectivity index (χ0v) is 10.6. The molecule has 80 valence electrons. The van der Waals surface area contributed by atoms with E-state index < -0.39 is 0 Å². The minimum Gasteiger partial charge on any atom is -0.383 e. The predicted octanol–water partition coefficient (Wildman–Crippen LogP) is 2.65. The molecule has 0 aliphatic carbocycles. The third kappa shape index (κ3) is 2.45. The molecule has 1 unspecified atom stereocenters. The standard InChI is InChI=1S/C10H11N2P.C2H6/c1-6-4-8-7(5-9(6)13)2-3-12-10(8)11;1-2/h2-5H,13H2,1H3,(H2,11,12);1-2H3. The van der Waals surface area contributed by atoms with Gasteiger partial charge in [-0.3, -0.25) is 0 Å². The Hall–Kier alpha value is -1.14. The van der Waals surface area contributed by atoms with Gasteiger partial charge in [-0.2, -0.15) is 0 Å². The molecule has 0 aliphatic rings. The molecule has 0 saturated carbocycles. The van der Waals surface area contributed by atoms with Gasteiger partial charge in [0.15, 0.2) is 0 Å². The van der Waals surface area contributed by atoms with Crippen molar-refractivity contribution in [3.63, 3.8) is 0 Å². The van der Waals surface area contributed by atoms with Gasteiger partial charge >= 0.3 is 0 Å². The molecule has 1 aromatic carbocycles. The fourth-order valence-corrected chi connectivity index (χ4v) is 1.63. The van der Waals surface area contributed by atoms with Crippen LogP contribution in [0.15, 0.2) is 24.4 Å². The summed E-state index contributed by atoms with van der Waals surface area (Å²) in [5.74, 6) is 0.602. The summed E-state index contributed by atoms with van der Waals surface area (Å²) in [6, 6.07) is 6.14. The first-order valence-electron chi connectivity index (χ1n) is 5.09. The van der Waals surface area contributed by atoms with Gasteiger partial charge in [0.25, 0.3) is 0 Å². The quantitative estimate of drug-likeness (QED) is 0.693. The number of benzene rings is 1. The summed E-state index contributed by atoms with van der Waals surface area (Å²) < 4.78 is 0. The van der Waals surface area contributed by atoms with Gasteiger partial charge in [-0.1, -0.05) is 13.8 Å². The third-order valence-electron chi connectivity index (χ3n) is 2.18. The van der Waals surface area contributed by atoms with Crippen molar-refractivity contribution in [3.8, 4) is 0 Å². The molecule has 0 aliphatic heterocycles. The molecule has 0 amide bonds. The lowest BCUT2D eigenvalue weighted by Crippen LogP contribution is -1.98. The van der Waals surface area contributed by atoms with Crippen LogP contribution >= 0.6 is 9.24 Å². The molecule has 2 aromatic rings. The van der Waals surface area contributed by atoms with Crippen LogP contribution in [0.25, 0.3) is 10.8 Å². The third-order valence-corrected chi connectivity index (χ3v) is 2.80. The van der Waals surface area contributed by atoms with Crippen molar-refractivity contribution in [2.75, 3.05) is 5.73 Å². The molecule has 1 heterocycles. The van der Waals surface area contributed by atoms with Crippen molar-refractivity contribution < 1.29 is 0 Å². The number of aryl methyl sites for hydroxylation is 1. The average Bonchev–Trinajstić information content (AvgIpc) is 2.24. The van der Waals surface area contributed by atoms with Crippen LogP contribution in [0.3, 0.4) is 0 Å². The van der Waals surface area contributed by atoms with Gasteiger partial charge in [0, 0.05) is 11.6 Å². The highest BCUT2D eigenvalue weighted by atomic mass is 31.0. The molecule has 1 aromatic heterocycles. The van der Waals surface area contributed by atoms with Gasteiger partial charge in [-0.25, -0.2) is 4.98 Å². The number of anilines is 1. The van der Waals surface area contributed by atoms with Gasteiger partial charge < -0.3 is 5.73 Å². The maximum absolute atomic E-state index is 5.76. The molecule has 0 radical (unpaired) electrons. The minimum atomic E-state index is 0.602. The first-order chi connectivity index (χ1) is 7.18. The lowest BCUT2D eigenvalue weighted by Gasteiger charge is -2.04. The van der Waals surface area contributed by atoms with Crippen molar-refractivity contribution in [2.24, 2.45) is 0 Å². The van der Waals surface area contributed by atoms with Crippen molar-refractivity contribution in [1.29, 1.82) is 0 Å². The number of pyridine rings is 1. The Morgan fingerprint density at radius 1 is 1.27 bits per heavy atom. The Kier molecular flexibility index (Phi) is 4.05. The second-order valence-corrected chi connectivity index (χ2v) is 3.75. The summed E-state index contributed by atoms with van der Waals surface area (Å²) >= 11 is 0. The average molecular weight is 220 g/mol. The van der Waals surface area contributed by atoms with Gasteiger partial charge in [0.05, 0.1) is 0 Å². The fraction of sp³-hybridized carbons (Fsp3) is 0.250. The smallest absolute Gasteiger partial charge is 0.131 e.